The van der Waals surface area contributed by atoms with E-state index in [-0.39, 0.29) is 29.5 Å². The van der Waals surface area contributed by atoms with Crippen molar-refractivity contribution in [1.82, 2.24) is 10.2 Å². The van der Waals surface area contributed by atoms with Gasteiger partial charge in [0.15, 0.2) is 0 Å². The Morgan fingerprint density at radius 2 is 2.07 bits per heavy atom. The normalized spacial score (nSPS) is 19.5. The molecule has 3 rings (SSSR count). The van der Waals surface area contributed by atoms with Gasteiger partial charge in [-0.3, -0.25) is 9.59 Å². The van der Waals surface area contributed by atoms with Crippen LogP contribution in [0.2, 0.25) is 0 Å². The van der Waals surface area contributed by atoms with Gasteiger partial charge in [-0.1, -0.05) is 32.0 Å². The van der Waals surface area contributed by atoms with Gasteiger partial charge in [0.2, 0.25) is 5.91 Å². The fourth-order valence-corrected chi connectivity index (χ4v) is 4.17. The molecule has 1 saturated heterocycles. The first-order valence-corrected chi connectivity index (χ1v) is 10.2. The Balaban J connectivity index is 1.78. The van der Waals surface area contributed by atoms with Crippen LogP contribution in [0.5, 0.6) is 0 Å². The zero-order valence-corrected chi connectivity index (χ0v) is 16.5. The average Bonchev–Trinajstić information content (AvgIpc) is 3.31. The quantitative estimate of drug-likeness (QED) is 0.816. The molecule has 0 bridgehead atoms. The van der Waals surface area contributed by atoms with Crippen molar-refractivity contribution in [2.45, 2.75) is 26.2 Å². The fraction of sp³-hybridized carbons (Fsp3) is 0.429. The Kier molecular flexibility index (Phi) is 6.26. The first-order valence-electron chi connectivity index (χ1n) is 9.31. The molecule has 1 aromatic heterocycles. The van der Waals surface area contributed by atoms with E-state index in [0.717, 1.165) is 12.0 Å². The minimum absolute atomic E-state index is 0.0635. The lowest BCUT2D eigenvalue weighted by Crippen LogP contribution is -2.36. The maximum atomic E-state index is 13.7. The number of rotatable bonds is 6. The molecule has 4 nitrogen and oxygen atoms in total. The average molecular weight is 389 g/mol. The molecule has 0 spiro atoms. The third kappa shape index (κ3) is 4.75. The van der Waals surface area contributed by atoms with Crippen LogP contribution in [0.15, 0.2) is 41.8 Å². The molecule has 27 heavy (non-hydrogen) atoms. The molecule has 1 aliphatic heterocycles. The van der Waals surface area contributed by atoms with Gasteiger partial charge in [-0.25, -0.2) is 4.39 Å². The van der Waals surface area contributed by atoms with Crippen molar-refractivity contribution in [1.29, 1.82) is 0 Å². The van der Waals surface area contributed by atoms with Crippen molar-refractivity contribution in [3.63, 3.8) is 0 Å². The minimum atomic E-state index is -0.372. The maximum Gasteiger partial charge on any atom is 0.263 e. The molecule has 1 N–H and O–H groups in total. The predicted molar refractivity (Wildman–Crippen MR) is 105 cm³/mol. The summed E-state index contributed by atoms with van der Waals surface area (Å²) in [4.78, 5) is 27.9. The monoisotopic (exact) mass is 388 g/mol. The Hall–Kier alpha value is -2.21. The second-order valence-corrected chi connectivity index (χ2v) is 8.38. The number of likely N-dealkylation sites (tertiary alicyclic amines) is 1. The van der Waals surface area contributed by atoms with Crippen molar-refractivity contribution in [3.05, 3.63) is 58.0 Å². The Morgan fingerprint density at radius 3 is 2.74 bits per heavy atom. The SMILES string of the molecule is CC(C)CCNC(=O)[C@H]1CN(C(=O)c2cccs2)C[C@H]1c1cccc(F)c1. The Morgan fingerprint density at radius 1 is 1.26 bits per heavy atom. The molecular formula is C21H25FN2O2S. The number of halogens is 1. The Labute approximate surface area is 163 Å². The first kappa shape index (κ1) is 19.5. The van der Waals surface area contributed by atoms with Crippen LogP contribution in [-0.4, -0.2) is 36.3 Å². The molecule has 1 aromatic carbocycles. The summed E-state index contributed by atoms with van der Waals surface area (Å²) in [7, 11) is 0. The number of benzene rings is 1. The number of nitrogens with one attached hydrogen (secondary N) is 1. The van der Waals surface area contributed by atoms with E-state index in [4.69, 9.17) is 0 Å². The van der Waals surface area contributed by atoms with Crippen molar-refractivity contribution in [3.8, 4) is 0 Å². The van der Waals surface area contributed by atoms with Crippen LogP contribution >= 0.6 is 11.3 Å². The molecule has 1 fully saturated rings. The third-order valence-electron chi connectivity index (χ3n) is 4.97. The third-order valence-corrected chi connectivity index (χ3v) is 5.83. The molecule has 0 radical (unpaired) electrons. The van der Waals surface area contributed by atoms with Crippen molar-refractivity contribution in [2.24, 2.45) is 11.8 Å². The molecule has 0 saturated carbocycles. The van der Waals surface area contributed by atoms with Crippen molar-refractivity contribution in [2.75, 3.05) is 19.6 Å². The maximum absolute atomic E-state index is 13.7. The molecule has 2 atom stereocenters. The number of nitrogens with zero attached hydrogens (tertiary/aromatic N) is 1. The summed E-state index contributed by atoms with van der Waals surface area (Å²) in [5.41, 5.74) is 0.764. The molecule has 6 heteroatoms. The highest BCUT2D eigenvalue weighted by Crippen LogP contribution is 2.34. The number of carbonyl (C=O) groups is 2. The summed E-state index contributed by atoms with van der Waals surface area (Å²) in [5, 5.41) is 4.86. The van der Waals surface area contributed by atoms with Gasteiger partial charge in [-0.2, -0.15) is 0 Å². The Bertz CT molecular complexity index is 791. The molecule has 144 valence electrons. The zero-order chi connectivity index (χ0) is 19.4. The lowest BCUT2D eigenvalue weighted by atomic mass is 9.88. The highest BCUT2D eigenvalue weighted by molar-refractivity contribution is 7.12. The van der Waals surface area contributed by atoms with E-state index in [1.54, 1.807) is 17.0 Å². The zero-order valence-electron chi connectivity index (χ0n) is 15.7. The summed E-state index contributed by atoms with van der Waals surface area (Å²) in [6.07, 6.45) is 0.904. The number of thiophene rings is 1. The summed E-state index contributed by atoms with van der Waals surface area (Å²) >= 11 is 1.39. The minimum Gasteiger partial charge on any atom is -0.356 e. The molecule has 0 aliphatic carbocycles. The van der Waals surface area contributed by atoms with Crippen LogP contribution in [0, 0.1) is 17.7 Å². The fourth-order valence-electron chi connectivity index (χ4n) is 3.48. The number of hydrogen-bond acceptors (Lipinski definition) is 3. The van der Waals surface area contributed by atoms with Gasteiger partial charge in [0.05, 0.1) is 10.8 Å². The highest BCUT2D eigenvalue weighted by atomic mass is 32.1. The van der Waals surface area contributed by atoms with Gasteiger partial charge in [-0.05, 0) is 41.5 Å². The van der Waals surface area contributed by atoms with Gasteiger partial charge in [-0.15, -0.1) is 11.3 Å². The second kappa shape index (κ2) is 8.65. The highest BCUT2D eigenvalue weighted by Gasteiger charge is 2.40. The van der Waals surface area contributed by atoms with Gasteiger partial charge in [0.25, 0.3) is 5.91 Å². The largest absolute Gasteiger partial charge is 0.356 e. The van der Waals surface area contributed by atoms with E-state index in [1.165, 1.54) is 23.5 Å². The first-order chi connectivity index (χ1) is 13.0. The van der Waals surface area contributed by atoms with Gasteiger partial charge >= 0.3 is 0 Å². The molecule has 2 heterocycles. The van der Waals surface area contributed by atoms with E-state index in [0.29, 0.717) is 30.4 Å². The lowest BCUT2D eigenvalue weighted by Gasteiger charge is -2.18. The number of carbonyl (C=O) groups excluding carboxylic acids is 2. The molecule has 2 amide bonds. The summed E-state index contributed by atoms with van der Waals surface area (Å²) in [6, 6.07) is 9.99. The smallest absolute Gasteiger partial charge is 0.263 e. The molecular weight excluding hydrogens is 363 g/mol. The van der Waals surface area contributed by atoms with Gasteiger partial charge < -0.3 is 10.2 Å². The molecule has 2 aromatic rings. The standard InChI is InChI=1S/C21H25FN2O2S/c1-14(2)8-9-23-20(25)18-13-24(21(26)19-7-4-10-27-19)12-17(18)15-5-3-6-16(22)11-15/h3-7,10-11,14,17-18H,8-9,12-13H2,1-2H3,(H,23,25)/t17-,18-/m0/s1. The van der Waals surface area contributed by atoms with Crippen LogP contribution in [-0.2, 0) is 4.79 Å². The van der Waals surface area contributed by atoms with E-state index < -0.39 is 0 Å². The van der Waals surface area contributed by atoms with E-state index in [2.05, 4.69) is 19.2 Å². The van der Waals surface area contributed by atoms with Crippen LogP contribution < -0.4 is 5.32 Å². The summed E-state index contributed by atoms with van der Waals surface area (Å²) in [5.74, 6) is -0.527. The van der Waals surface area contributed by atoms with Crippen LogP contribution in [0.3, 0.4) is 0 Å². The van der Waals surface area contributed by atoms with Crippen LogP contribution in [0.4, 0.5) is 4.39 Å². The topological polar surface area (TPSA) is 49.4 Å². The summed E-state index contributed by atoms with van der Waals surface area (Å²) < 4.78 is 13.7. The van der Waals surface area contributed by atoms with E-state index in [1.807, 2.05) is 17.5 Å². The van der Waals surface area contributed by atoms with Crippen LogP contribution in [0.25, 0.3) is 0 Å². The number of hydrogen-bond donors (Lipinski definition) is 1. The van der Waals surface area contributed by atoms with Crippen molar-refractivity contribution >= 4 is 23.2 Å². The van der Waals surface area contributed by atoms with Crippen molar-refractivity contribution < 1.29 is 14.0 Å². The molecule has 1 aliphatic rings. The van der Waals surface area contributed by atoms with Gasteiger partial charge in [0, 0.05) is 25.6 Å². The summed E-state index contributed by atoms with van der Waals surface area (Å²) in [6.45, 7) is 5.60. The molecule has 0 unspecified atom stereocenters. The number of amides is 2. The van der Waals surface area contributed by atoms with Crippen LogP contribution in [0.1, 0.15) is 41.4 Å². The second-order valence-electron chi connectivity index (χ2n) is 7.43. The lowest BCUT2D eigenvalue weighted by molar-refractivity contribution is -0.124. The predicted octanol–water partition coefficient (Wildman–Crippen LogP) is 3.91. The van der Waals surface area contributed by atoms with E-state index in [9.17, 15) is 14.0 Å². The van der Waals surface area contributed by atoms with E-state index >= 15 is 0 Å². The van der Waals surface area contributed by atoms with Gasteiger partial charge in [0.1, 0.15) is 5.82 Å².